The number of hydrogen-bond acceptors (Lipinski definition) is 9. The van der Waals surface area contributed by atoms with Crippen molar-refractivity contribution in [1.29, 1.82) is 0 Å². The molecule has 3 aliphatic heterocycles. The summed E-state index contributed by atoms with van der Waals surface area (Å²) in [6.45, 7) is 25.3. The Morgan fingerprint density at radius 1 is 0.444 bits per heavy atom. The zero-order valence-electron chi connectivity index (χ0n) is 30.3. The SMILES string of the molecule is CC1(C)CC(C(=O)OC2CCCC(OC(=O)C3CC(C)(C)NC(C)(C)C3)C2OC(=O)C2CC(C)(C)NC(C)(C)C2)CC(C)(C)N1. The van der Waals surface area contributed by atoms with Gasteiger partial charge in [-0.25, -0.2) is 0 Å². The molecule has 4 rings (SSSR count). The van der Waals surface area contributed by atoms with E-state index in [2.05, 4.69) is 99.0 Å². The van der Waals surface area contributed by atoms with E-state index in [4.69, 9.17) is 14.2 Å². The molecule has 4 aliphatic rings. The first-order valence-electron chi connectivity index (χ1n) is 17.4. The van der Waals surface area contributed by atoms with Crippen LogP contribution in [0, 0.1) is 17.8 Å². The molecule has 0 aromatic rings. The molecule has 0 amide bonds. The summed E-state index contributed by atoms with van der Waals surface area (Å²) in [6, 6.07) is 0. The highest BCUT2D eigenvalue weighted by atomic mass is 16.6. The number of carbonyl (C=O) groups excluding carboxylic acids is 3. The highest BCUT2D eigenvalue weighted by Crippen LogP contribution is 2.39. The first-order valence-corrected chi connectivity index (χ1v) is 17.4. The van der Waals surface area contributed by atoms with Gasteiger partial charge in [0.25, 0.3) is 0 Å². The van der Waals surface area contributed by atoms with Gasteiger partial charge in [0.05, 0.1) is 17.8 Å². The molecule has 0 bridgehead atoms. The van der Waals surface area contributed by atoms with Crippen molar-refractivity contribution in [3.05, 3.63) is 0 Å². The molecule has 1 aliphatic carbocycles. The van der Waals surface area contributed by atoms with E-state index in [9.17, 15) is 14.4 Å². The van der Waals surface area contributed by atoms with Crippen LogP contribution < -0.4 is 16.0 Å². The predicted molar refractivity (Wildman–Crippen MR) is 176 cm³/mol. The highest BCUT2D eigenvalue weighted by Gasteiger charge is 2.49. The molecule has 1 saturated carbocycles. The summed E-state index contributed by atoms with van der Waals surface area (Å²) in [7, 11) is 0. The average Bonchev–Trinajstić information content (AvgIpc) is 2.80. The maximum Gasteiger partial charge on any atom is 0.309 e. The number of carbonyl (C=O) groups is 3. The van der Waals surface area contributed by atoms with E-state index < -0.39 is 18.3 Å². The Kier molecular flexibility index (Phi) is 9.95. The molecule has 3 heterocycles. The molecule has 2 atom stereocenters. The molecule has 0 aromatic carbocycles. The first kappa shape index (κ1) is 36.1. The molecule has 0 spiro atoms. The number of hydrogen-bond donors (Lipinski definition) is 3. The van der Waals surface area contributed by atoms with Crippen LogP contribution in [0.15, 0.2) is 0 Å². The molecule has 258 valence electrons. The monoisotopic (exact) mass is 633 g/mol. The lowest BCUT2D eigenvalue weighted by molar-refractivity contribution is -0.200. The third-order valence-corrected chi connectivity index (χ3v) is 10.1. The lowest BCUT2D eigenvalue weighted by Gasteiger charge is -2.47. The van der Waals surface area contributed by atoms with E-state index in [-0.39, 0.29) is 68.9 Å². The minimum atomic E-state index is -0.842. The number of ether oxygens (including phenoxy) is 3. The second-order valence-corrected chi connectivity index (χ2v) is 18.8. The van der Waals surface area contributed by atoms with Crippen LogP contribution >= 0.6 is 0 Å². The van der Waals surface area contributed by atoms with E-state index in [1.165, 1.54) is 0 Å². The third kappa shape index (κ3) is 9.66. The van der Waals surface area contributed by atoms with Crippen molar-refractivity contribution in [3.8, 4) is 0 Å². The Morgan fingerprint density at radius 3 is 0.956 bits per heavy atom. The Bertz CT molecular complexity index is 1020. The largest absolute Gasteiger partial charge is 0.458 e. The van der Waals surface area contributed by atoms with Crippen LogP contribution in [-0.4, -0.2) is 69.5 Å². The number of nitrogens with one attached hydrogen (secondary N) is 3. The predicted octanol–water partition coefficient (Wildman–Crippen LogP) is 5.58. The Labute approximate surface area is 272 Å². The van der Waals surface area contributed by atoms with E-state index in [0.717, 1.165) is 0 Å². The van der Waals surface area contributed by atoms with Crippen LogP contribution in [0.2, 0.25) is 0 Å². The molecule has 9 nitrogen and oxygen atoms in total. The molecule has 0 radical (unpaired) electrons. The Balaban J connectivity index is 1.56. The van der Waals surface area contributed by atoms with Gasteiger partial charge in [-0.15, -0.1) is 0 Å². The molecular formula is C36H63N3O6. The number of rotatable bonds is 6. The van der Waals surface area contributed by atoms with Crippen molar-refractivity contribution >= 4 is 17.9 Å². The van der Waals surface area contributed by atoms with Crippen molar-refractivity contribution in [3.63, 3.8) is 0 Å². The van der Waals surface area contributed by atoms with Gasteiger partial charge in [0.15, 0.2) is 6.10 Å². The van der Waals surface area contributed by atoms with Crippen molar-refractivity contribution in [2.75, 3.05) is 0 Å². The van der Waals surface area contributed by atoms with Crippen LogP contribution in [0.25, 0.3) is 0 Å². The zero-order chi connectivity index (χ0) is 33.8. The fourth-order valence-corrected chi connectivity index (χ4v) is 9.68. The minimum Gasteiger partial charge on any atom is -0.458 e. The van der Waals surface area contributed by atoms with Crippen molar-refractivity contribution in [1.82, 2.24) is 16.0 Å². The lowest BCUT2D eigenvalue weighted by Crippen LogP contribution is -2.60. The summed E-state index contributed by atoms with van der Waals surface area (Å²) in [6.07, 6.45) is 3.56. The first-order chi connectivity index (χ1) is 20.4. The molecule has 0 aromatic heterocycles. The lowest BCUT2D eigenvalue weighted by atomic mass is 9.75. The van der Waals surface area contributed by atoms with Gasteiger partial charge in [-0.3, -0.25) is 14.4 Å². The standard InChI is InChI=1S/C36H63N3O6/c1-31(2)16-22(17-32(3,4)37-31)28(40)43-25-14-13-15-26(44-29(41)23-18-33(5,6)38-34(7,8)19-23)27(25)45-30(42)24-20-35(9,10)39-36(11,12)21-24/h22-27,37-39H,13-21H2,1-12H3. The summed E-state index contributed by atoms with van der Waals surface area (Å²) in [4.78, 5) is 41.4. The van der Waals surface area contributed by atoms with E-state index in [1.54, 1.807) is 0 Å². The van der Waals surface area contributed by atoms with Gasteiger partial charge in [0.1, 0.15) is 12.2 Å². The van der Waals surface area contributed by atoms with Crippen molar-refractivity contribution in [2.24, 2.45) is 17.8 Å². The summed E-state index contributed by atoms with van der Waals surface area (Å²) >= 11 is 0. The van der Waals surface area contributed by atoms with Crippen LogP contribution in [0.5, 0.6) is 0 Å². The maximum atomic E-state index is 13.9. The summed E-state index contributed by atoms with van der Waals surface area (Å²) in [5, 5.41) is 10.9. The van der Waals surface area contributed by atoms with Gasteiger partial charge >= 0.3 is 17.9 Å². The fourth-order valence-electron chi connectivity index (χ4n) is 9.68. The third-order valence-electron chi connectivity index (χ3n) is 10.1. The second kappa shape index (κ2) is 12.4. The van der Waals surface area contributed by atoms with E-state index in [0.29, 0.717) is 57.8 Å². The van der Waals surface area contributed by atoms with Crippen molar-refractivity contribution < 1.29 is 28.6 Å². The van der Waals surface area contributed by atoms with Gasteiger partial charge in [0.2, 0.25) is 0 Å². The van der Waals surface area contributed by atoms with Gasteiger partial charge in [0, 0.05) is 33.2 Å². The minimum absolute atomic E-state index is 0.215. The molecule has 9 heteroatoms. The smallest absolute Gasteiger partial charge is 0.309 e. The molecule has 3 saturated heterocycles. The molecule has 3 N–H and O–H groups in total. The summed E-state index contributed by atoms with van der Waals surface area (Å²) < 4.78 is 18.9. The van der Waals surface area contributed by atoms with Gasteiger partial charge in [-0.05, 0) is 141 Å². The molecule has 4 fully saturated rings. The summed E-state index contributed by atoms with van der Waals surface area (Å²) in [5.41, 5.74) is -1.34. The average molecular weight is 634 g/mol. The summed E-state index contributed by atoms with van der Waals surface area (Å²) in [5.74, 6) is -1.70. The van der Waals surface area contributed by atoms with Crippen LogP contribution in [0.4, 0.5) is 0 Å². The van der Waals surface area contributed by atoms with E-state index in [1.807, 2.05) is 0 Å². The van der Waals surface area contributed by atoms with Crippen LogP contribution in [0.3, 0.4) is 0 Å². The molecular weight excluding hydrogens is 570 g/mol. The zero-order valence-corrected chi connectivity index (χ0v) is 30.3. The molecule has 2 unspecified atom stereocenters. The normalized spacial score (nSPS) is 32.7. The maximum absolute atomic E-state index is 13.9. The fraction of sp³-hybridized carbons (Fsp3) is 0.917. The highest BCUT2D eigenvalue weighted by molar-refractivity contribution is 5.75. The Hall–Kier alpha value is -1.71. The van der Waals surface area contributed by atoms with Crippen molar-refractivity contribution in [2.45, 2.75) is 192 Å². The van der Waals surface area contributed by atoms with Crippen LogP contribution in [-0.2, 0) is 28.6 Å². The quantitative estimate of drug-likeness (QED) is 0.255. The second-order valence-electron chi connectivity index (χ2n) is 18.8. The van der Waals surface area contributed by atoms with Gasteiger partial charge in [-0.1, -0.05) is 0 Å². The van der Waals surface area contributed by atoms with Crippen LogP contribution in [0.1, 0.15) is 141 Å². The Morgan fingerprint density at radius 2 is 0.689 bits per heavy atom. The topological polar surface area (TPSA) is 115 Å². The number of esters is 3. The van der Waals surface area contributed by atoms with E-state index >= 15 is 0 Å². The van der Waals surface area contributed by atoms with Gasteiger partial charge < -0.3 is 30.2 Å². The molecule has 45 heavy (non-hydrogen) atoms. The van der Waals surface area contributed by atoms with Gasteiger partial charge in [-0.2, -0.15) is 0 Å². The number of piperidine rings is 3.